The molecule has 0 aromatic heterocycles. The molecule has 0 aromatic carbocycles. The Morgan fingerprint density at radius 1 is 0.619 bits per heavy atom. The van der Waals surface area contributed by atoms with Gasteiger partial charge in [-0.1, -0.05) is 53.4 Å². The van der Waals surface area contributed by atoms with Gasteiger partial charge in [0.05, 0.1) is 26.2 Å². The first kappa shape index (κ1) is 28.1. The van der Waals surface area contributed by atoms with Crippen molar-refractivity contribution in [1.29, 1.82) is 0 Å². The fourth-order valence-electron chi connectivity index (χ4n) is 2.64. The molecule has 0 aliphatic heterocycles. The van der Waals surface area contributed by atoms with E-state index in [1.807, 2.05) is 0 Å². The molecule has 0 aromatic rings. The Kier molecular flexibility index (Phi) is 29.9. The Morgan fingerprint density at radius 3 is 0.952 bits per heavy atom. The summed E-state index contributed by atoms with van der Waals surface area (Å²) in [5.74, 6) is 0. The second-order valence-electron chi connectivity index (χ2n) is 5.75. The summed E-state index contributed by atoms with van der Waals surface area (Å²) in [6.45, 7) is 15.0. The molecular weight excluding hydrogens is 561 g/mol. The van der Waals surface area contributed by atoms with Gasteiger partial charge in [-0.15, -0.1) is 0 Å². The molecule has 0 rings (SSSR count). The summed E-state index contributed by atoms with van der Waals surface area (Å²) < 4.78 is 1.42. The van der Waals surface area contributed by atoms with E-state index in [0.717, 1.165) is 0 Å². The number of rotatable bonds is 12. The predicted octanol–water partition coefficient (Wildman–Crippen LogP) is 3.78. The summed E-state index contributed by atoms with van der Waals surface area (Å²) in [6.07, 6.45) is 11.1. The summed E-state index contributed by atoms with van der Waals surface area (Å²) >= 11 is 4.93. The summed E-state index contributed by atoms with van der Waals surface area (Å²) in [7, 11) is 0.0650. The third-order valence-electron chi connectivity index (χ3n) is 3.94. The van der Waals surface area contributed by atoms with E-state index in [9.17, 15) is 0 Å². The molecule has 0 atom stereocenters. The van der Waals surface area contributed by atoms with Gasteiger partial charge in [-0.25, -0.2) is 0 Å². The second-order valence-corrected chi connectivity index (χ2v) is 29.3. The standard InChI is InChI=1S/C16H36N.ClH.2HI.Zn/c1-5-9-13-17(14-10-6-2,15-11-7-3)16-12-8-4;;;;/h5-16H2,1-4H3;3*1H;/q+1;;;;+2/p-3. The molecule has 0 spiro atoms. The molecule has 0 fully saturated rings. The molecule has 0 N–H and O–H groups in total. The van der Waals surface area contributed by atoms with E-state index < -0.39 is 0 Å². The average Bonchev–Trinajstić information content (AvgIpc) is 2.46. The Balaban J connectivity index is -0.000000740. The average molecular weight is 597 g/mol. The normalized spacial score (nSPS) is 10.2. The van der Waals surface area contributed by atoms with E-state index in [1.54, 1.807) is 0 Å². The maximum absolute atomic E-state index is 2.46. The molecule has 5 heteroatoms. The molecule has 0 aliphatic rings. The number of hydrogen-bond acceptors (Lipinski definition) is 0. The fourth-order valence-corrected chi connectivity index (χ4v) is 2.64. The number of halogens is 3. The first-order valence-electron chi connectivity index (χ1n) is 8.63. The van der Waals surface area contributed by atoms with Crippen LogP contribution in [0.4, 0.5) is 0 Å². The van der Waals surface area contributed by atoms with Crippen LogP contribution in [0, 0.1) is 0 Å². The number of hydrogen-bond donors (Lipinski definition) is 0. The topological polar surface area (TPSA) is 0 Å². The number of unbranched alkanes of at least 4 members (excludes halogenated alkanes) is 4. The van der Waals surface area contributed by atoms with Crippen LogP contribution in [-0.4, -0.2) is 30.7 Å². The zero-order valence-electron chi connectivity index (χ0n) is 14.8. The molecule has 0 unspecified atom stereocenters. The second kappa shape index (κ2) is 22.3. The van der Waals surface area contributed by atoms with Gasteiger partial charge in [0.2, 0.25) is 0 Å². The fraction of sp³-hybridized carbons (Fsp3) is 1.00. The zero-order chi connectivity index (χ0) is 15.7. The van der Waals surface area contributed by atoms with Gasteiger partial charge in [-0.2, -0.15) is 0 Å². The van der Waals surface area contributed by atoms with Gasteiger partial charge in [0.15, 0.2) is 0 Å². The van der Waals surface area contributed by atoms with Crippen LogP contribution in [-0.2, 0) is 10.1 Å². The molecule has 1 nitrogen and oxygen atoms in total. The van der Waals surface area contributed by atoms with Crippen LogP contribution in [0.25, 0.3) is 0 Å². The molecule has 0 heterocycles. The Morgan fingerprint density at radius 2 is 0.810 bits per heavy atom. The van der Waals surface area contributed by atoms with E-state index in [1.165, 1.54) is 82.0 Å². The quantitative estimate of drug-likeness (QED) is 0.183. The molecule has 0 aliphatic carbocycles. The molecule has 0 amide bonds. The van der Waals surface area contributed by atoms with Crippen LogP contribution in [0.15, 0.2) is 0 Å². The van der Waals surface area contributed by atoms with Gasteiger partial charge in [-0.05, 0) is 25.7 Å². The third-order valence-corrected chi connectivity index (χ3v) is 3.94. The van der Waals surface area contributed by atoms with Gasteiger partial charge in [-0.3, -0.25) is 0 Å². The third kappa shape index (κ3) is 18.5. The van der Waals surface area contributed by atoms with Crippen molar-refractivity contribution < 1.29 is 27.0 Å². The van der Waals surface area contributed by atoms with E-state index in [4.69, 9.17) is 0 Å². The first-order chi connectivity index (χ1) is 9.66. The van der Waals surface area contributed by atoms with Crippen LogP contribution < -0.4 is 12.4 Å². The minimum atomic E-state index is 0. The molecule has 21 heavy (non-hydrogen) atoms. The van der Waals surface area contributed by atoms with E-state index in [0.29, 0.717) is 0 Å². The summed E-state index contributed by atoms with van der Waals surface area (Å²) in [6, 6.07) is 0. The maximum atomic E-state index is 2.46. The summed E-state index contributed by atoms with van der Waals surface area (Å²) in [5.41, 5.74) is 0. The molecule has 0 radical (unpaired) electrons. The van der Waals surface area contributed by atoms with Crippen molar-refractivity contribution in [3.8, 4) is 0 Å². The van der Waals surface area contributed by atoms with Crippen LogP contribution in [0.1, 0.15) is 79.1 Å². The first-order valence-corrected chi connectivity index (χ1v) is 26.7. The van der Waals surface area contributed by atoms with Crippen molar-refractivity contribution in [2.45, 2.75) is 79.1 Å². The van der Waals surface area contributed by atoms with Crippen molar-refractivity contribution in [2.24, 2.45) is 0 Å². The van der Waals surface area contributed by atoms with Gasteiger partial charge in [0, 0.05) is 0 Å². The van der Waals surface area contributed by atoms with Gasteiger partial charge in [0.25, 0.3) is 0 Å². The van der Waals surface area contributed by atoms with Gasteiger partial charge >= 0.3 is 49.6 Å². The predicted molar refractivity (Wildman–Crippen MR) is 107 cm³/mol. The SMILES string of the molecule is CCCC[N+](CCCC)(CCCC)CCCC.[Cl-].[I][Zn][I]. The molecule has 0 saturated heterocycles. The van der Waals surface area contributed by atoms with Crippen LogP contribution in [0.3, 0.4) is 0 Å². The van der Waals surface area contributed by atoms with Gasteiger partial charge < -0.3 is 16.9 Å². The Bertz CT molecular complexity index is 148. The van der Waals surface area contributed by atoms with Gasteiger partial charge in [0.1, 0.15) is 0 Å². The van der Waals surface area contributed by atoms with Crippen molar-refractivity contribution in [1.82, 2.24) is 0 Å². The summed E-state index contributed by atoms with van der Waals surface area (Å²) in [4.78, 5) is 0. The molecule has 128 valence electrons. The number of nitrogens with zero attached hydrogens (tertiary/aromatic N) is 1. The van der Waals surface area contributed by atoms with Crippen molar-refractivity contribution in [3.05, 3.63) is 0 Å². The van der Waals surface area contributed by atoms with Crippen LogP contribution >= 0.6 is 39.5 Å². The minimum absolute atomic E-state index is 0. The Labute approximate surface area is 170 Å². The van der Waals surface area contributed by atoms with Crippen molar-refractivity contribution >= 4 is 39.5 Å². The molecular formula is C16H36ClI2NZn. The Hall–Kier alpha value is 2.33. The van der Waals surface area contributed by atoms with Crippen LogP contribution in [0.2, 0.25) is 0 Å². The van der Waals surface area contributed by atoms with E-state index >= 15 is 0 Å². The van der Waals surface area contributed by atoms with E-state index in [2.05, 4.69) is 67.2 Å². The molecule has 0 bridgehead atoms. The van der Waals surface area contributed by atoms with Crippen LogP contribution in [0.5, 0.6) is 0 Å². The van der Waals surface area contributed by atoms with Crippen molar-refractivity contribution in [3.63, 3.8) is 0 Å². The van der Waals surface area contributed by atoms with Crippen molar-refractivity contribution in [2.75, 3.05) is 26.2 Å². The molecule has 0 saturated carbocycles. The zero-order valence-corrected chi connectivity index (χ0v) is 22.8. The summed E-state index contributed by atoms with van der Waals surface area (Å²) in [5, 5.41) is 0. The number of quaternary nitrogens is 1. The monoisotopic (exact) mass is 595 g/mol. The van der Waals surface area contributed by atoms with E-state index in [-0.39, 0.29) is 22.5 Å².